The molecule has 0 fully saturated rings. The van der Waals surface area contributed by atoms with E-state index in [-0.39, 0.29) is 11.6 Å². The summed E-state index contributed by atoms with van der Waals surface area (Å²) in [4.78, 5) is 15.4. The second kappa shape index (κ2) is 4.97. The molecule has 0 aliphatic carbocycles. The lowest BCUT2D eigenvalue weighted by Gasteiger charge is -2.10. The molecule has 0 saturated carbocycles. The first kappa shape index (κ1) is 13.2. The molecule has 0 unspecified atom stereocenters. The number of imidazole rings is 1. The predicted molar refractivity (Wildman–Crippen MR) is 67.4 cm³/mol. The minimum Gasteiger partial charge on any atom is -0.290 e. The maximum absolute atomic E-state index is 13.0. The number of aromatic nitrogens is 5. The molecular formula is C13H8F3N5. The smallest absolute Gasteiger partial charge is 0.290 e. The summed E-state index contributed by atoms with van der Waals surface area (Å²) in [7, 11) is 0. The van der Waals surface area contributed by atoms with E-state index in [1.807, 2.05) is 0 Å². The van der Waals surface area contributed by atoms with Crippen LogP contribution in [-0.4, -0.2) is 24.5 Å². The van der Waals surface area contributed by atoms with Crippen molar-refractivity contribution < 1.29 is 13.2 Å². The lowest BCUT2D eigenvalue weighted by molar-refractivity contribution is -0.141. The highest BCUT2D eigenvalue weighted by atomic mass is 19.4. The van der Waals surface area contributed by atoms with Gasteiger partial charge in [-0.2, -0.15) is 13.2 Å². The topological polar surface area (TPSA) is 56.5 Å². The van der Waals surface area contributed by atoms with Crippen molar-refractivity contribution in [2.75, 3.05) is 0 Å². The van der Waals surface area contributed by atoms with Gasteiger partial charge in [0.1, 0.15) is 12.1 Å². The van der Waals surface area contributed by atoms with Gasteiger partial charge in [0.25, 0.3) is 0 Å². The fourth-order valence-corrected chi connectivity index (χ4v) is 1.73. The molecule has 3 rings (SSSR count). The number of hydrogen-bond acceptors (Lipinski definition) is 4. The molecule has 0 aromatic carbocycles. The van der Waals surface area contributed by atoms with Crippen LogP contribution in [0.1, 0.15) is 5.69 Å². The Bertz CT molecular complexity index is 738. The number of hydrogen-bond donors (Lipinski definition) is 0. The third-order valence-corrected chi connectivity index (χ3v) is 2.69. The standard InChI is InChI=1S/C13H8F3N5/c14-13(15,16)10-6-11(21-5-4-18-8-21)20-12(19-10)9-2-1-3-17-7-9/h1-8H. The zero-order chi connectivity index (χ0) is 14.9. The minimum absolute atomic E-state index is 0.0402. The van der Waals surface area contributed by atoms with E-state index in [1.165, 1.54) is 35.7 Å². The van der Waals surface area contributed by atoms with Crippen molar-refractivity contribution in [2.24, 2.45) is 0 Å². The number of alkyl halides is 3. The molecule has 0 radical (unpaired) electrons. The maximum Gasteiger partial charge on any atom is 0.433 e. The molecule has 0 aliphatic heterocycles. The normalized spacial score (nSPS) is 11.6. The second-order valence-electron chi connectivity index (χ2n) is 4.14. The van der Waals surface area contributed by atoms with Crippen LogP contribution < -0.4 is 0 Å². The molecule has 106 valence electrons. The Morgan fingerprint density at radius 2 is 1.90 bits per heavy atom. The van der Waals surface area contributed by atoms with Crippen LogP contribution in [0.3, 0.4) is 0 Å². The molecule has 0 saturated heterocycles. The summed E-state index contributed by atoms with van der Waals surface area (Å²) in [5.41, 5.74) is -0.606. The number of halogens is 3. The molecule has 8 heteroatoms. The Balaban J connectivity index is 2.19. The van der Waals surface area contributed by atoms with E-state index >= 15 is 0 Å². The van der Waals surface area contributed by atoms with Crippen LogP contribution >= 0.6 is 0 Å². The van der Waals surface area contributed by atoms with Crippen molar-refractivity contribution in [1.82, 2.24) is 24.5 Å². The Morgan fingerprint density at radius 1 is 1.05 bits per heavy atom. The molecule has 0 spiro atoms. The van der Waals surface area contributed by atoms with E-state index in [1.54, 1.807) is 12.1 Å². The maximum atomic E-state index is 13.0. The first-order valence-electron chi connectivity index (χ1n) is 5.89. The monoisotopic (exact) mass is 291 g/mol. The van der Waals surface area contributed by atoms with Crippen molar-refractivity contribution in [2.45, 2.75) is 6.18 Å². The van der Waals surface area contributed by atoms with Crippen LogP contribution in [0, 0.1) is 0 Å². The van der Waals surface area contributed by atoms with E-state index in [2.05, 4.69) is 19.9 Å². The quantitative estimate of drug-likeness (QED) is 0.728. The van der Waals surface area contributed by atoms with Crippen molar-refractivity contribution in [3.05, 3.63) is 55.0 Å². The molecule has 0 atom stereocenters. The van der Waals surface area contributed by atoms with Crippen LogP contribution in [0.2, 0.25) is 0 Å². The molecule has 0 bridgehead atoms. The molecule has 0 N–H and O–H groups in total. The largest absolute Gasteiger partial charge is 0.433 e. The highest BCUT2D eigenvalue weighted by Gasteiger charge is 2.34. The molecular weight excluding hydrogens is 283 g/mol. The summed E-state index contributed by atoms with van der Waals surface area (Å²) >= 11 is 0. The second-order valence-corrected chi connectivity index (χ2v) is 4.14. The van der Waals surface area contributed by atoms with Gasteiger partial charge in [0.15, 0.2) is 11.5 Å². The van der Waals surface area contributed by atoms with Gasteiger partial charge >= 0.3 is 6.18 Å². The summed E-state index contributed by atoms with van der Waals surface area (Å²) in [6.45, 7) is 0. The number of rotatable bonds is 2. The van der Waals surface area contributed by atoms with Crippen molar-refractivity contribution in [3.8, 4) is 17.2 Å². The summed E-state index contributed by atoms with van der Waals surface area (Å²) in [5.74, 6) is 0.0512. The van der Waals surface area contributed by atoms with Gasteiger partial charge in [-0.1, -0.05) is 0 Å². The third kappa shape index (κ3) is 2.73. The van der Waals surface area contributed by atoms with Crippen LogP contribution in [-0.2, 0) is 6.18 Å². The fourth-order valence-electron chi connectivity index (χ4n) is 1.73. The average molecular weight is 291 g/mol. The average Bonchev–Trinajstić information content (AvgIpc) is 3.01. The highest BCUT2D eigenvalue weighted by Crippen LogP contribution is 2.30. The molecule has 21 heavy (non-hydrogen) atoms. The Morgan fingerprint density at radius 3 is 2.52 bits per heavy atom. The van der Waals surface area contributed by atoms with Crippen LogP contribution in [0.5, 0.6) is 0 Å². The van der Waals surface area contributed by atoms with Gasteiger partial charge in [0.05, 0.1) is 0 Å². The lowest BCUT2D eigenvalue weighted by Crippen LogP contribution is -2.11. The lowest BCUT2D eigenvalue weighted by atomic mass is 10.2. The Kier molecular flexibility index (Phi) is 3.13. The SMILES string of the molecule is FC(F)(F)c1cc(-n2ccnc2)nc(-c2cccnc2)n1. The van der Waals surface area contributed by atoms with Crippen LogP contribution in [0.4, 0.5) is 13.2 Å². The van der Waals surface area contributed by atoms with Gasteiger partial charge in [-0.15, -0.1) is 0 Å². The van der Waals surface area contributed by atoms with Gasteiger partial charge in [-0.3, -0.25) is 9.55 Å². The van der Waals surface area contributed by atoms with Crippen molar-refractivity contribution in [3.63, 3.8) is 0 Å². The molecule has 5 nitrogen and oxygen atoms in total. The van der Waals surface area contributed by atoms with Gasteiger partial charge < -0.3 is 0 Å². The summed E-state index contributed by atoms with van der Waals surface area (Å²) in [6, 6.07) is 4.08. The van der Waals surface area contributed by atoms with E-state index in [9.17, 15) is 13.2 Å². The van der Waals surface area contributed by atoms with Crippen molar-refractivity contribution in [1.29, 1.82) is 0 Å². The number of pyridine rings is 1. The molecule has 0 aliphatic rings. The van der Waals surface area contributed by atoms with Gasteiger partial charge in [0, 0.05) is 36.4 Å². The van der Waals surface area contributed by atoms with E-state index in [4.69, 9.17) is 0 Å². The first-order chi connectivity index (χ1) is 10.0. The minimum atomic E-state index is -4.56. The fraction of sp³-hybridized carbons (Fsp3) is 0.0769. The van der Waals surface area contributed by atoms with Gasteiger partial charge in [-0.05, 0) is 12.1 Å². The highest BCUT2D eigenvalue weighted by molar-refractivity contribution is 5.54. The zero-order valence-electron chi connectivity index (χ0n) is 10.5. The van der Waals surface area contributed by atoms with Gasteiger partial charge in [-0.25, -0.2) is 15.0 Å². The predicted octanol–water partition coefficient (Wildman–Crippen LogP) is 2.74. The van der Waals surface area contributed by atoms with E-state index < -0.39 is 11.9 Å². The molecule has 3 aromatic rings. The number of nitrogens with zero attached hydrogens (tertiary/aromatic N) is 5. The third-order valence-electron chi connectivity index (χ3n) is 2.69. The summed E-state index contributed by atoms with van der Waals surface area (Å²) in [5, 5.41) is 0. The van der Waals surface area contributed by atoms with Crippen LogP contribution in [0.25, 0.3) is 17.2 Å². The van der Waals surface area contributed by atoms with Crippen LogP contribution in [0.15, 0.2) is 49.3 Å². The molecule has 0 amide bonds. The van der Waals surface area contributed by atoms with Gasteiger partial charge in [0.2, 0.25) is 0 Å². The zero-order valence-corrected chi connectivity index (χ0v) is 10.5. The molecule has 3 aromatic heterocycles. The van der Waals surface area contributed by atoms with Crippen molar-refractivity contribution >= 4 is 0 Å². The summed E-state index contributed by atoms with van der Waals surface area (Å²) < 4.78 is 40.3. The Labute approximate surface area is 117 Å². The van der Waals surface area contributed by atoms with E-state index in [0.29, 0.717) is 5.56 Å². The first-order valence-corrected chi connectivity index (χ1v) is 5.89. The summed E-state index contributed by atoms with van der Waals surface area (Å²) in [6.07, 6.45) is 2.71. The van der Waals surface area contributed by atoms with E-state index in [0.717, 1.165) is 6.07 Å². The Hall–Kier alpha value is -2.77. The molecule has 3 heterocycles.